The van der Waals surface area contributed by atoms with Crippen LogP contribution in [-0.4, -0.2) is 0 Å². The van der Waals surface area contributed by atoms with Gasteiger partial charge in [0.1, 0.15) is 0 Å². The molecule has 0 saturated heterocycles. The largest absolute Gasteiger partial charge is 0.0949 e. The quantitative estimate of drug-likeness (QED) is 0.364. The van der Waals surface area contributed by atoms with Gasteiger partial charge in [-0.1, -0.05) is 89.1 Å². The van der Waals surface area contributed by atoms with Crippen molar-refractivity contribution in [1.82, 2.24) is 0 Å². The molecule has 4 unspecified atom stereocenters. The van der Waals surface area contributed by atoms with Crippen molar-refractivity contribution in [2.45, 2.75) is 85.0 Å². The highest BCUT2D eigenvalue weighted by atomic mass is 14.6. The van der Waals surface area contributed by atoms with Crippen LogP contribution in [0.15, 0.2) is 54.1 Å². The Bertz CT molecular complexity index is 1330. The Kier molecular flexibility index (Phi) is 5.69. The monoisotopic (exact) mass is 488 g/mol. The second-order valence-corrected chi connectivity index (χ2v) is 13.3. The van der Waals surface area contributed by atoms with Crippen molar-refractivity contribution < 1.29 is 0 Å². The molecule has 0 nitrogen and oxygen atoms in total. The normalized spacial score (nSPS) is 31.6. The Morgan fingerprint density at radius 2 is 1.86 bits per heavy atom. The third kappa shape index (κ3) is 3.69. The van der Waals surface area contributed by atoms with E-state index in [0.29, 0.717) is 11.8 Å². The highest BCUT2D eigenvalue weighted by molar-refractivity contribution is 5.86. The van der Waals surface area contributed by atoms with Gasteiger partial charge in [-0.05, 0) is 130 Å². The van der Waals surface area contributed by atoms with Gasteiger partial charge in [-0.25, -0.2) is 0 Å². The molecule has 0 heteroatoms. The lowest BCUT2D eigenvalue weighted by Crippen LogP contribution is -2.20. The second kappa shape index (κ2) is 8.86. The van der Waals surface area contributed by atoms with Crippen LogP contribution >= 0.6 is 0 Å². The van der Waals surface area contributed by atoms with Gasteiger partial charge in [-0.15, -0.1) is 0 Å². The summed E-state index contributed by atoms with van der Waals surface area (Å²) in [5, 5.41) is 0. The molecule has 2 bridgehead atoms. The van der Waals surface area contributed by atoms with E-state index in [1.807, 2.05) is 0 Å². The van der Waals surface area contributed by atoms with Crippen molar-refractivity contribution in [1.29, 1.82) is 0 Å². The maximum absolute atomic E-state index is 4.80. The van der Waals surface area contributed by atoms with E-state index >= 15 is 0 Å². The molecule has 2 aromatic rings. The van der Waals surface area contributed by atoms with E-state index in [2.05, 4.69) is 70.2 Å². The molecule has 0 amide bonds. The van der Waals surface area contributed by atoms with Crippen molar-refractivity contribution in [3.8, 4) is 0 Å². The highest BCUT2D eigenvalue weighted by Crippen LogP contribution is 2.60. The van der Waals surface area contributed by atoms with Gasteiger partial charge in [0.25, 0.3) is 0 Å². The molecule has 0 spiro atoms. The van der Waals surface area contributed by atoms with Crippen LogP contribution < -0.4 is 0 Å². The van der Waals surface area contributed by atoms with Crippen molar-refractivity contribution in [3.05, 3.63) is 87.5 Å². The van der Waals surface area contributed by atoms with Gasteiger partial charge in [0.05, 0.1) is 0 Å². The molecule has 2 aromatic carbocycles. The number of aryl methyl sites for hydroxylation is 1. The molecule has 5 aliphatic carbocycles. The van der Waals surface area contributed by atoms with Crippen LogP contribution in [0.5, 0.6) is 0 Å². The number of fused-ring (bicyclic) bond motifs is 4. The number of hydrogen-bond acceptors (Lipinski definition) is 0. The zero-order chi connectivity index (χ0) is 25.4. The van der Waals surface area contributed by atoms with Crippen LogP contribution in [-0.2, 0) is 12.8 Å². The molecular weight excluding hydrogens is 444 g/mol. The minimum atomic E-state index is 0.587. The van der Waals surface area contributed by atoms with Crippen molar-refractivity contribution in [2.24, 2.45) is 35.5 Å². The zero-order valence-electron chi connectivity index (χ0n) is 23.4. The van der Waals surface area contributed by atoms with E-state index < -0.39 is 0 Å². The summed E-state index contributed by atoms with van der Waals surface area (Å²) in [6.07, 6.45) is 13.1. The molecule has 7 rings (SSSR count). The van der Waals surface area contributed by atoms with Crippen LogP contribution in [0, 0.1) is 35.5 Å². The van der Waals surface area contributed by atoms with Crippen LogP contribution in [0.1, 0.15) is 106 Å². The van der Waals surface area contributed by atoms with E-state index in [0.717, 1.165) is 42.4 Å². The third-order valence-corrected chi connectivity index (χ3v) is 11.3. The SMILES string of the molecule is C=C(c1cc(CC)c2c(c1)CC(C1=Cc3ccccc3C1CC1CC1)=C2C)[C@H]1CC2CC(C)C1[C@@H]2CC. The molecule has 0 N–H and O–H groups in total. The number of rotatable bonds is 7. The Morgan fingerprint density at radius 3 is 2.59 bits per heavy atom. The van der Waals surface area contributed by atoms with E-state index in [-0.39, 0.29) is 0 Å². The fourth-order valence-electron chi connectivity index (χ4n) is 9.47. The predicted octanol–water partition coefficient (Wildman–Crippen LogP) is 9.89. The number of allylic oxidation sites excluding steroid dienone is 4. The lowest BCUT2D eigenvalue weighted by Gasteiger charge is -2.30. The van der Waals surface area contributed by atoms with Gasteiger partial charge in [0.15, 0.2) is 0 Å². The summed E-state index contributed by atoms with van der Waals surface area (Å²) in [5.74, 6) is 5.77. The lowest BCUT2D eigenvalue weighted by molar-refractivity contribution is 0.285. The summed E-state index contributed by atoms with van der Waals surface area (Å²) in [7, 11) is 0. The lowest BCUT2D eigenvalue weighted by atomic mass is 9.74. The van der Waals surface area contributed by atoms with E-state index in [4.69, 9.17) is 6.58 Å². The van der Waals surface area contributed by atoms with E-state index in [9.17, 15) is 0 Å². The molecule has 0 radical (unpaired) electrons. The van der Waals surface area contributed by atoms with Crippen molar-refractivity contribution in [3.63, 3.8) is 0 Å². The summed E-state index contributed by atoms with van der Waals surface area (Å²) >= 11 is 0. The summed E-state index contributed by atoms with van der Waals surface area (Å²) in [6, 6.07) is 14.3. The predicted molar refractivity (Wildman–Crippen MR) is 158 cm³/mol. The molecule has 192 valence electrons. The zero-order valence-corrected chi connectivity index (χ0v) is 23.4. The molecule has 6 atom stereocenters. The van der Waals surface area contributed by atoms with E-state index in [1.54, 1.807) is 39.0 Å². The third-order valence-electron chi connectivity index (χ3n) is 11.3. The van der Waals surface area contributed by atoms with Crippen molar-refractivity contribution >= 4 is 17.2 Å². The maximum atomic E-state index is 4.80. The maximum Gasteiger partial charge on any atom is 0.0101 e. The Balaban J connectivity index is 1.22. The highest BCUT2D eigenvalue weighted by Gasteiger charge is 2.51. The van der Waals surface area contributed by atoms with Gasteiger partial charge in [-0.2, -0.15) is 0 Å². The van der Waals surface area contributed by atoms with Gasteiger partial charge < -0.3 is 0 Å². The minimum Gasteiger partial charge on any atom is -0.0949 e. The van der Waals surface area contributed by atoms with Crippen LogP contribution in [0.3, 0.4) is 0 Å². The van der Waals surface area contributed by atoms with Crippen LogP contribution in [0.25, 0.3) is 17.2 Å². The molecule has 37 heavy (non-hydrogen) atoms. The van der Waals surface area contributed by atoms with Gasteiger partial charge >= 0.3 is 0 Å². The number of benzene rings is 2. The molecule has 0 aliphatic heterocycles. The minimum absolute atomic E-state index is 0.587. The van der Waals surface area contributed by atoms with E-state index in [1.165, 1.54) is 55.2 Å². The Labute approximate surface area is 225 Å². The molecule has 0 aromatic heterocycles. The van der Waals surface area contributed by atoms with Crippen LogP contribution in [0.4, 0.5) is 0 Å². The van der Waals surface area contributed by atoms with Gasteiger partial charge in [-0.3, -0.25) is 0 Å². The molecule has 3 fully saturated rings. The van der Waals surface area contributed by atoms with Crippen molar-refractivity contribution in [2.75, 3.05) is 0 Å². The number of hydrogen-bond donors (Lipinski definition) is 0. The summed E-state index contributed by atoms with van der Waals surface area (Å²) < 4.78 is 0. The topological polar surface area (TPSA) is 0 Å². The van der Waals surface area contributed by atoms with Crippen LogP contribution in [0.2, 0.25) is 0 Å². The average molecular weight is 489 g/mol. The summed E-state index contributed by atoms with van der Waals surface area (Å²) in [4.78, 5) is 0. The first-order valence-corrected chi connectivity index (χ1v) is 15.3. The fourth-order valence-corrected chi connectivity index (χ4v) is 9.47. The first-order valence-electron chi connectivity index (χ1n) is 15.3. The Morgan fingerprint density at radius 1 is 1.05 bits per heavy atom. The Hall–Kier alpha value is -2.34. The molecule has 0 heterocycles. The molecule has 5 aliphatic rings. The molecular formula is C37H44. The first-order chi connectivity index (χ1) is 18.0. The fraction of sp³-hybridized carbons (Fsp3) is 0.514. The summed E-state index contributed by atoms with van der Waals surface area (Å²) in [5.41, 5.74) is 15.4. The van der Waals surface area contributed by atoms with Gasteiger partial charge in [0, 0.05) is 5.92 Å². The van der Waals surface area contributed by atoms with Gasteiger partial charge in [0.2, 0.25) is 0 Å². The standard InChI is InChI=1S/C37H44/c1-6-25-16-27(22(4)33-19-28-14-21(3)36(33)30(28)7-2)17-29-20-32(23(5)37(25)29)35-18-26-10-8-9-11-31(26)34(35)15-24-12-13-24/h8-11,16-18,21,24,28,30,33-34,36H,4,6-7,12-15,19-20H2,1-3,5H3/t21?,28?,30-,33-,34?,36?/m1/s1. The molecule has 3 saturated carbocycles. The smallest absolute Gasteiger partial charge is 0.0101 e. The average Bonchev–Trinajstić information content (AvgIpc) is 3.27. The summed E-state index contributed by atoms with van der Waals surface area (Å²) in [6.45, 7) is 14.5. The first kappa shape index (κ1) is 23.8. The second-order valence-electron chi connectivity index (χ2n) is 13.3.